The predicted molar refractivity (Wildman–Crippen MR) is 142 cm³/mol. The van der Waals surface area contributed by atoms with E-state index in [1.54, 1.807) is 13.2 Å². The molecule has 41 heavy (non-hydrogen) atoms. The zero-order valence-electron chi connectivity index (χ0n) is 21.4. The molecular formula is C26H25F4N3O7S. The minimum Gasteiger partial charge on any atom is -0.495 e. The number of alkyl halides is 3. The summed E-state index contributed by atoms with van der Waals surface area (Å²) in [5.74, 6) is -3.71. The molecule has 0 unspecified atom stereocenters. The van der Waals surface area contributed by atoms with Gasteiger partial charge in [0.25, 0.3) is 10.0 Å². The van der Waals surface area contributed by atoms with Crippen LogP contribution in [0.4, 0.5) is 34.6 Å². The molecule has 0 bridgehead atoms. The number of anilines is 3. The molecule has 0 aliphatic carbocycles. The van der Waals surface area contributed by atoms with Crippen molar-refractivity contribution >= 4 is 39.0 Å². The van der Waals surface area contributed by atoms with Gasteiger partial charge in [0.05, 0.1) is 34.6 Å². The highest BCUT2D eigenvalue weighted by Crippen LogP contribution is 2.33. The SMILES string of the molecule is COc1ccccc1N1CCN(c2ccc(C(=O)O)cc2NS(=O)(=O)c2ccc(F)cc2)CC1.O=C(O)C(F)(F)F. The molecule has 1 fully saturated rings. The molecule has 0 saturated carbocycles. The van der Waals surface area contributed by atoms with Gasteiger partial charge in [0.2, 0.25) is 0 Å². The van der Waals surface area contributed by atoms with E-state index >= 15 is 0 Å². The zero-order chi connectivity index (χ0) is 30.4. The van der Waals surface area contributed by atoms with Crippen molar-refractivity contribution in [2.24, 2.45) is 0 Å². The number of piperazine rings is 1. The number of hydrogen-bond acceptors (Lipinski definition) is 7. The van der Waals surface area contributed by atoms with Crippen molar-refractivity contribution in [1.82, 2.24) is 0 Å². The average molecular weight is 600 g/mol. The molecule has 1 heterocycles. The number of nitrogens with one attached hydrogen (secondary N) is 1. The van der Waals surface area contributed by atoms with Gasteiger partial charge in [-0.2, -0.15) is 13.2 Å². The molecule has 15 heteroatoms. The van der Waals surface area contributed by atoms with Gasteiger partial charge in [-0.05, 0) is 54.6 Å². The summed E-state index contributed by atoms with van der Waals surface area (Å²) in [5, 5.41) is 16.5. The Hall–Kier alpha value is -4.53. The lowest BCUT2D eigenvalue weighted by molar-refractivity contribution is -0.192. The Morgan fingerprint density at radius 1 is 0.878 bits per heavy atom. The van der Waals surface area contributed by atoms with Gasteiger partial charge < -0.3 is 24.7 Å². The number of aromatic carboxylic acids is 1. The molecule has 1 saturated heterocycles. The number of carbonyl (C=O) groups is 2. The van der Waals surface area contributed by atoms with Gasteiger partial charge in [-0.25, -0.2) is 22.4 Å². The van der Waals surface area contributed by atoms with Gasteiger partial charge in [-0.15, -0.1) is 0 Å². The molecular weight excluding hydrogens is 574 g/mol. The molecule has 10 nitrogen and oxygen atoms in total. The number of ether oxygens (including phenoxy) is 1. The number of rotatable bonds is 7. The minimum absolute atomic E-state index is 0.0479. The molecule has 0 atom stereocenters. The fourth-order valence-corrected chi connectivity index (χ4v) is 4.99. The average Bonchev–Trinajstić information content (AvgIpc) is 2.93. The maximum absolute atomic E-state index is 13.3. The topological polar surface area (TPSA) is 136 Å². The highest BCUT2D eigenvalue weighted by molar-refractivity contribution is 7.92. The first kappa shape index (κ1) is 31.0. The molecule has 0 amide bonds. The molecule has 0 spiro atoms. The van der Waals surface area contributed by atoms with Crippen molar-refractivity contribution in [2.45, 2.75) is 11.1 Å². The first-order chi connectivity index (χ1) is 19.2. The second kappa shape index (κ2) is 12.8. The summed E-state index contributed by atoms with van der Waals surface area (Å²) >= 11 is 0. The van der Waals surface area contributed by atoms with Crippen LogP contribution in [0.15, 0.2) is 71.6 Å². The third-order valence-corrected chi connectivity index (χ3v) is 7.28. The lowest BCUT2D eigenvalue weighted by Crippen LogP contribution is -2.46. The number of carboxylic acids is 2. The predicted octanol–water partition coefficient (Wildman–Crippen LogP) is 4.29. The van der Waals surface area contributed by atoms with E-state index in [2.05, 4.69) is 9.62 Å². The van der Waals surface area contributed by atoms with E-state index in [0.29, 0.717) is 31.9 Å². The number of methoxy groups -OCH3 is 1. The summed E-state index contributed by atoms with van der Waals surface area (Å²) in [7, 11) is -2.44. The molecule has 3 aromatic carbocycles. The third kappa shape index (κ3) is 8.00. The lowest BCUT2D eigenvalue weighted by atomic mass is 10.1. The Kier molecular flexibility index (Phi) is 9.65. The Morgan fingerprint density at radius 2 is 1.41 bits per heavy atom. The number of para-hydroxylation sites is 2. The van der Waals surface area contributed by atoms with Crippen LogP contribution in [0, 0.1) is 5.82 Å². The van der Waals surface area contributed by atoms with Crippen molar-refractivity contribution in [3.05, 3.63) is 78.1 Å². The van der Waals surface area contributed by atoms with E-state index in [9.17, 15) is 35.9 Å². The van der Waals surface area contributed by atoms with Crippen LogP contribution in [0.2, 0.25) is 0 Å². The second-order valence-corrected chi connectivity index (χ2v) is 10.2. The quantitative estimate of drug-likeness (QED) is 0.340. The second-order valence-electron chi connectivity index (χ2n) is 8.55. The number of halogens is 4. The molecule has 0 radical (unpaired) electrons. The number of benzene rings is 3. The smallest absolute Gasteiger partial charge is 0.490 e. The summed E-state index contributed by atoms with van der Waals surface area (Å²) in [6, 6.07) is 16.5. The van der Waals surface area contributed by atoms with Crippen molar-refractivity contribution in [3.8, 4) is 5.75 Å². The van der Waals surface area contributed by atoms with E-state index in [-0.39, 0.29) is 16.1 Å². The largest absolute Gasteiger partial charge is 0.495 e. The number of sulfonamides is 1. The Balaban J connectivity index is 0.000000587. The standard InChI is InChI=1S/C24H24FN3O5S.C2HF3O2/c1-33-23-5-3-2-4-22(23)28-14-12-27(13-15-28)21-11-6-17(24(29)30)16-20(21)26-34(31,32)19-9-7-18(25)8-10-19;3-2(4,5)1(6)7/h2-11,16,26H,12-15H2,1H3,(H,29,30);(H,6,7). The van der Waals surface area contributed by atoms with Gasteiger partial charge in [0.15, 0.2) is 0 Å². The minimum atomic E-state index is -5.08. The van der Waals surface area contributed by atoms with Crippen molar-refractivity contribution in [2.75, 3.05) is 47.8 Å². The van der Waals surface area contributed by atoms with Gasteiger partial charge in [0, 0.05) is 26.2 Å². The zero-order valence-corrected chi connectivity index (χ0v) is 22.2. The Morgan fingerprint density at radius 3 is 1.93 bits per heavy atom. The molecule has 3 N–H and O–H groups in total. The fraction of sp³-hybridized carbons (Fsp3) is 0.231. The molecule has 4 rings (SSSR count). The molecule has 220 valence electrons. The molecule has 1 aliphatic heterocycles. The number of carboxylic acid groups (broad SMARTS) is 2. The monoisotopic (exact) mass is 599 g/mol. The normalized spacial score (nSPS) is 13.6. The number of nitrogens with zero attached hydrogens (tertiary/aromatic N) is 2. The molecule has 1 aliphatic rings. The molecule has 3 aromatic rings. The van der Waals surface area contributed by atoms with Crippen LogP contribution < -0.4 is 19.3 Å². The van der Waals surface area contributed by atoms with Crippen LogP contribution >= 0.6 is 0 Å². The maximum Gasteiger partial charge on any atom is 0.490 e. The van der Waals surface area contributed by atoms with Gasteiger partial charge in [0.1, 0.15) is 11.6 Å². The van der Waals surface area contributed by atoms with Gasteiger partial charge in [-0.1, -0.05) is 12.1 Å². The Bertz CT molecular complexity index is 1490. The van der Waals surface area contributed by atoms with E-state index < -0.39 is 34.0 Å². The first-order valence-corrected chi connectivity index (χ1v) is 13.3. The summed E-state index contributed by atoms with van der Waals surface area (Å²) in [6.45, 7) is 2.47. The van der Waals surface area contributed by atoms with E-state index in [0.717, 1.165) is 35.7 Å². The molecule has 0 aromatic heterocycles. The lowest BCUT2D eigenvalue weighted by Gasteiger charge is -2.38. The number of hydrogen-bond donors (Lipinski definition) is 3. The van der Waals surface area contributed by atoms with E-state index in [1.165, 1.54) is 12.1 Å². The van der Waals surface area contributed by atoms with Crippen LogP contribution in [0.25, 0.3) is 0 Å². The fourth-order valence-electron chi connectivity index (χ4n) is 3.92. The van der Waals surface area contributed by atoms with Crippen LogP contribution in [-0.4, -0.2) is 70.0 Å². The summed E-state index contributed by atoms with van der Waals surface area (Å²) in [6.07, 6.45) is -5.08. The van der Waals surface area contributed by atoms with Crippen molar-refractivity contribution < 1.29 is 50.5 Å². The van der Waals surface area contributed by atoms with E-state index in [4.69, 9.17) is 14.6 Å². The van der Waals surface area contributed by atoms with Gasteiger partial charge >= 0.3 is 18.1 Å². The maximum atomic E-state index is 13.3. The van der Waals surface area contributed by atoms with Crippen LogP contribution in [0.1, 0.15) is 10.4 Å². The van der Waals surface area contributed by atoms with Gasteiger partial charge in [-0.3, -0.25) is 4.72 Å². The third-order valence-electron chi connectivity index (χ3n) is 5.90. The van der Waals surface area contributed by atoms with Crippen molar-refractivity contribution in [3.63, 3.8) is 0 Å². The summed E-state index contributed by atoms with van der Waals surface area (Å²) < 4.78 is 78.8. The summed E-state index contributed by atoms with van der Waals surface area (Å²) in [4.78, 5) is 24.5. The van der Waals surface area contributed by atoms with E-state index in [1.807, 2.05) is 29.2 Å². The van der Waals surface area contributed by atoms with Crippen LogP contribution in [0.3, 0.4) is 0 Å². The highest BCUT2D eigenvalue weighted by Gasteiger charge is 2.38. The van der Waals surface area contributed by atoms with Crippen molar-refractivity contribution in [1.29, 1.82) is 0 Å². The van der Waals surface area contributed by atoms with Crippen LogP contribution in [0.5, 0.6) is 5.75 Å². The first-order valence-electron chi connectivity index (χ1n) is 11.8. The number of aliphatic carboxylic acids is 1. The summed E-state index contributed by atoms with van der Waals surface area (Å²) in [5.41, 5.74) is 1.64. The Labute approximate surface area is 232 Å². The highest BCUT2D eigenvalue weighted by atomic mass is 32.2. The van der Waals surface area contributed by atoms with Crippen LogP contribution in [-0.2, 0) is 14.8 Å².